The summed E-state index contributed by atoms with van der Waals surface area (Å²) in [6.07, 6.45) is 8.07. The highest BCUT2D eigenvalue weighted by atomic mass is 16.5. The molecular weight excluding hydrogens is 797 g/mol. The molecule has 0 spiro atoms. The van der Waals surface area contributed by atoms with E-state index in [1.54, 1.807) is 0 Å². The Bertz CT molecular complexity index is 2350. The minimum absolute atomic E-state index is 0.0183. The summed E-state index contributed by atoms with van der Waals surface area (Å²) in [6, 6.07) is 31.1. The summed E-state index contributed by atoms with van der Waals surface area (Å²) < 4.78 is 34.1. The van der Waals surface area contributed by atoms with Gasteiger partial charge in [-0.25, -0.2) is 28.8 Å². The van der Waals surface area contributed by atoms with Crippen LogP contribution < -0.4 is 9.13 Å². The third-order valence-corrected chi connectivity index (χ3v) is 9.73. The highest BCUT2D eigenvalue weighted by Crippen LogP contribution is 2.22. The van der Waals surface area contributed by atoms with Crippen LogP contribution in [-0.2, 0) is 54.7 Å². The lowest BCUT2D eigenvalue weighted by atomic mass is 10.0. The third kappa shape index (κ3) is 11.0. The molecule has 6 rings (SSSR count). The third-order valence-electron chi connectivity index (χ3n) is 9.73. The quantitative estimate of drug-likeness (QED) is 0.0659. The first kappa shape index (κ1) is 43.6. The number of aryl methyl sites for hydroxylation is 2. The van der Waals surface area contributed by atoms with Gasteiger partial charge in [0.2, 0.25) is 13.1 Å². The number of aromatic nitrogens is 2. The van der Waals surface area contributed by atoms with Crippen molar-refractivity contribution in [3.63, 3.8) is 0 Å². The second-order valence-electron chi connectivity index (χ2n) is 13.8. The van der Waals surface area contributed by atoms with Crippen LogP contribution in [0.3, 0.4) is 0 Å². The van der Waals surface area contributed by atoms with Crippen LogP contribution in [0.1, 0.15) is 73.3 Å². The first-order valence-electron chi connectivity index (χ1n) is 19.1. The lowest BCUT2D eigenvalue weighted by Gasteiger charge is -2.09. The number of rotatable bonds is 15. The van der Waals surface area contributed by atoms with Crippen LogP contribution in [0, 0.1) is 0 Å². The summed E-state index contributed by atoms with van der Waals surface area (Å²) in [5.41, 5.74) is 5.64. The number of esters is 6. The van der Waals surface area contributed by atoms with Gasteiger partial charge in [0.1, 0.15) is 13.2 Å². The van der Waals surface area contributed by atoms with Gasteiger partial charge in [0.25, 0.3) is 0 Å². The Morgan fingerprint density at radius 1 is 0.355 bits per heavy atom. The van der Waals surface area contributed by atoms with Gasteiger partial charge in [-0.1, -0.05) is 48.5 Å². The second kappa shape index (κ2) is 20.3. The van der Waals surface area contributed by atoms with Crippen molar-refractivity contribution in [1.82, 2.24) is 0 Å². The van der Waals surface area contributed by atoms with E-state index in [-0.39, 0.29) is 46.6 Å². The standard InChI is InChI=1S/C48H42N2O12/c1-57-43(51)37-23-38(44(52)58-2)26-41(25-37)47(55)61-29-31-5-9-33(10-6-31)35-13-17-49(18-14-35)21-22-50-19-15-36(16-20-50)34-11-7-32(8-12-34)30-62-48(56)42-27-39(45(53)59-3)24-40(28-42)46(54)60-4/h5-20,23-28H,21-22,29-30H2,1-4H3/q+2. The van der Waals surface area contributed by atoms with E-state index in [0.717, 1.165) is 46.5 Å². The normalized spacial score (nSPS) is 10.6. The number of pyridine rings is 2. The van der Waals surface area contributed by atoms with Gasteiger partial charge in [0, 0.05) is 24.3 Å². The fourth-order valence-electron chi connectivity index (χ4n) is 6.31. The van der Waals surface area contributed by atoms with E-state index in [0.29, 0.717) is 0 Å². The number of methoxy groups -OCH3 is 4. The van der Waals surface area contributed by atoms with Crippen molar-refractivity contribution in [2.24, 2.45) is 0 Å². The van der Waals surface area contributed by atoms with E-state index in [4.69, 9.17) is 28.4 Å². The van der Waals surface area contributed by atoms with Gasteiger partial charge in [-0.2, -0.15) is 9.13 Å². The predicted octanol–water partition coefficient (Wildman–Crippen LogP) is 6.16. The van der Waals surface area contributed by atoms with Gasteiger partial charge in [0.05, 0.1) is 61.8 Å². The van der Waals surface area contributed by atoms with E-state index < -0.39 is 35.8 Å². The molecule has 62 heavy (non-hydrogen) atoms. The Labute approximate surface area is 356 Å². The summed E-state index contributed by atoms with van der Waals surface area (Å²) >= 11 is 0. The van der Waals surface area contributed by atoms with Crippen LogP contribution >= 0.6 is 0 Å². The topological polar surface area (TPSA) is 166 Å². The highest BCUT2D eigenvalue weighted by molar-refractivity contribution is 6.01. The number of nitrogens with zero attached hydrogens (tertiary/aromatic N) is 2. The summed E-state index contributed by atoms with van der Waals surface area (Å²) in [7, 11) is 4.81. The highest BCUT2D eigenvalue weighted by Gasteiger charge is 2.20. The second-order valence-corrected chi connectivity index (χ2v) is 13.8. The van der Waals surface area contributed by atoms with Gasteiger partial charge in [0.15, 0.2) is 24.8 Å². The van der Waals surface area contributed by atoms with Crippen molar-refractivity contribution in [3.05, 3.63) is 178 Å². The van der Waals surface area contributed by atoms with Crippen LogP contribution in [-0.4, -0.2) is 64.3 Å². The summed E-state index contributed by atoms with van der Waals surface area (Å²) in [5.74, 6) is -4.23. The van der Waals surface area contributed by atoms with E-state index in [1.807, 2.05) is 97.6 Å². The molecule has 0 fully saturated rings. The maximum Gasteiger partial charge on any atom is 0.338 e. The van der Waals surface area contributed by atoms with Crippen molar-refractivity contribution >= 4 is 35.8 Å². The zero-order valence-electron chi connectivity index (χ0n) is 34.3. The zero-order valence-corrected chi connectivity index (χ0v) is 34.3. The molecule has 0 amide bonds. The molecule has 0 radical (unpaired) electrons. The van der Waals surface area contributed by atoms with Gasteiger partial charge in [-0.05, 0) is 69.8 Å². The molecule has 14 nitrogen and oxygen atoms in total. The molecule has 0 aliphatic carbocycles. The van der Waals surface area contributed by atoms with Crippen LogP contribution in [0.15, 0.2) is 134 Å². The van der Waals surface area contributed by atoms with E-state index in [1.165, 1.54) is 64.8 Å². The van der Waals surface area contributed by atoms with Crippen LogP contribution in [0.5, 0.6) is 0 Å². The lowest BCUT2D eigenvalue weighted by Crippen LogP contribution is -2.43. The molecule has 2 aromatic heterocycles. The molecule has 0 unspecified atom stereocenters. The maximum atomic E-state index is 12.8. The Morgan fingerprint density at radius 2 is 0.597 bits per heavy atom. The fourth-order valence-corrected chi connectivity index (χ4v) is 6.31. The van der Waals surface area contributed by atoms with Gasteiger partial charge >= 0.3 is 35.8 Å². The first-order chi connectivity index (χ1) is 30.0. The van der Waals surface area contributed by atoms with Crippen LogP contribution in [0.2, 0.25) is 0 Å². The number of hydrogen-bond donors (Lipinski definition) is 0. The average molecular weight is 839 g/mol. The molecule has 0 atom stereocenters. The van der Waals surface area contributed by atoms with Crippen molar-refractivity contribution in [1.29, 1.82) is 0 Å². The molecule has 0 N–H and O–H groups in total. The molecule has 2 heterocycles. The van der Waals surface area contributed by atoms with Crippen molar-refractivity contribution < 1.29 is 66.3 Å². The van der Waals surface area contributed by atoms with Gasteiger partial charge in [-0.15, -0.1) is 0 Å². The smallest absolute Gasteiger partial charge is 0.338 e. The molecule has 14 heteroatoms. The molecule has 0 saturated heterocycles. The molecule has 0 bridgehead atoms. The monoisotopic (exact) mass is 838 g/mol. The van der Waals surface area contributed by atoms with E-state index in [2.05, 4.69) is 9.13 Å². The molecule has 314 valence electrons. The van der Waals surface area contributed by atoms with E-state index in [9.17, 15) is 28.8 Å². The molecule has 0 aliphatic heterocycles. The molecule has 6 aromatic rings. The number of benzene rings is 4. The predicted molar refractivity (Wildman–Crippen MR) is 221 cm³/mol. The van der Waals surface area contributed by atoms with Crippen molar-refractivity contribution in [2.45, 2.75) is 26.3 Å². The van der Waals surface area contributed by atoms with Gasteiger partial charge in [-0.3, -0.25) is 0 Å². The van der Waals surface area contributed by atoms with Crippen molar-refractivity contribution in [2.75, 3.05) is 28.4 Å². The molecular formula is C48H42N2O12+2. The lowest BCUT2D eigenvalue weighted by molar-refractivity contribution is -0.778. The van der Waals surface area contributed by atoms with E-state index >= 15 is 0 Å². The fraction of sp³-hybridized carbons (Fsp3) is 0.167. The average Bonchev–Trinajstić information content (AvgIpc) is 3.33. The zero-order chi connectivity index (χ0) is 44.2. The van der Waals surface area contributed by atoms with Crippen LogP contribution in [0.25, 0.3) is 22.3 Å². The first-order valence-corrected chi connectivity index (χ1v) is 19.1. The summed E-state index contributed by atoms with van der Waals surface area (Å²) in [4.78, 5) is 74.0. The molecule has 4 aromatic carbocycles. The Morgan fingerprint density at radius 3 is 0.855 bits per heavy atom. The molecule has 0 saturated carbocycles. The van der Waals surface area contributed by atoms with Crippen molar-refractivity contribution in [3.8, 4) is 22.3 Å². The maximum absolute atomic E-state index is 12.8. The summed E-state index contributed by atoms with van der Waals surface area (Å²) in [5, 5.41) is 0. The number of ether oxygens (including phenoxy) is 6. The SMILES string of the molecule is COC(=O)c1cc(C(=O)OC)cc(C(=O)OCc2ccc(-c3cc[n+](CC[n+]4ccc(-c5ccc(COC(=O)c6cc(C(=O)OC)cc(C(=O)OC)c6)cc5)cc4)cc3)cc2)c1. The number of hydrogen-bond acceptors (Lipinski definition) is 12. The van der Waals surface area contributed by atoms with Gasteiger partial charge < -0.3 is 28.4 Å². The largest absolute Gasteiger partial charge is 0.465 e. The Hall–Kier alpha value is -8.00. The number of carbonyl (C=O) groups excluding carboxylic acids is 6. The Kier molecular flexibility index (Phi) is 14.3. The Balaban J connectivity index is 0.979. The van der Waals surface area contributed by atoms with Crippen LogP contribution in [0.4, 0.5) is 0 Å². The minimum Gasteiger partial charge on any atom is -0.465 e. The minimum atomic E-state index is -0.708. The molecule has 0 aliphatic rings. The number of carbonyl (C=O) groups is 6. The summed E-state index contributed by atoms with van der Waals surface area (Å²) in [6.45, 7) is 1.44.